The Morgan fingerprint density at radius 3 is 2.17 bits per heavy atom. The maximum atomic E-state index is 13.1. The molecule has 3 aromatic carbocycles. The third kappa shape index (κ3) is 8.40. The zero-order valence-electron chi connectivity index (χ0n) is 26.5. The number of carbonyl (C=O) groups is 3. The number of thioether (sulfide) groups is 1. The molecule has 48 heavy (non-hydrogen) atoms. The molecule has 1 aliphatic heterocycles. The number of hydrogen-bond acceptors (Lipinski definition) is 10. The highest BCUT2D eigenvalue weighted by atomic mass is 32.2. The van der Waals surface area contributed by atoms with Crippen LogP contribution in [0.15, 0.2) is 82.8 Å². The molecule has 0 saturated carbocycles. The van der Waals surface area contributed by atoms with Crippen molar-refractivity contribution < 1.29 is 32.3 Å². The summed E-state index contributed by atoms with van der Waals surface area (Å²) in [6.07, 6.45) is 1.67. The second kappa shape index (κ2) is 15.9. The molecule has 1 saturated heterocycles. The molecule has 0 radical (unpaired) electrons. The molecule has 1 fully saturated rings. The zero-order valence-corrected chi connectivity index (χ0v) is 28.2. The summed E-state index contributed by atoms with van der Waals surface area (Å²) in [6, 6.07) is 19.5. The Morgan fingerprint density at radius 2 is 1.52 bits per heavy atom. The van der Waals surface area contributed by atoms with Crippen LogP contribution in [0, 0.1) is 0 Å². The van der Waals surface area contributed by atoms with Crippen LogP contribution in [0.2, 0.25) is 0 Å². The van der Waals surface area contributed by atoms with Gasteiger partial charge >= 0.3 is 5.97 Å². The predicted molar refractivity (Wildman–Crippen MR) is 180 cm³/mol. The van der Waals surface area contributed by atoms with Gasteiger partial charge in [-0.05, 0) is 99.5 Å². The molecule has 0 spiro atoms. The highest BCUT2D eigenvalue weighted by Crippen LogP contribution is 2.25. The molecule has 0 bridgehead atoms. The van der Waals surface area contributed by atoms with Crippen molar-refractivity contribution in [1.29, 1.82) is 0 Å². The number of aromatic nitrogens is 3. The van der Waals surface area contributed by atoms with E-state index in [0.29, 0.717) is 58.9 Å². The molecule has 2 N–H and O–H groups in total. The van der Waals surface area contributed by atoms with Crippen LogP contribution in [0.5, 0.6) is 5.75 Å². The predicted octanol–water partition coefficient (Wildman–Crippen LogP) is 4.29. The summed E-state index contributed by atoms with van der Waals surface area (Å²) in [6.45, 7) is 5.40. The molecule has 0 aliphatic carbocycles. The second-order valence-electron chi connectivity index (χ2n) is 10.6. The molecular weight excluding hydrogens is 657 g/mol. The van der Waals surface area contributed by atoms with E-state index in [1.54, 1.807) is 47.9 Å². The van der Waals surface area contributed by atoms with E-state index >= 15 is 0 Å². The summed E-state index contributed by atoms with van der Waals surface area (Å²) < 4.78 is 39.5. The molecule has 1 aliphatic rings. The quantitative estimate of drug-likeness (QED) is 0.144. The van der Waals surface area contributed by atoms with Crippen LogP contribution in [0.25, 0.3) is 5.69 Å². The van der Waals surface area contributed by atoms with Crippen LogP contribution in [0.4, 0.5) is 5.69 Å². The van der Waals surface area contributed by atoms with Gasteiger partial charge in [0, 0.05) is 30.0 Å². The topological polar surface area (TPSA) is 162 Å². The van der Waals surface area contributed by atoms with E-state index in [-0.39, 0.29) is 29.7 Å². The van der Waals surface area contributed by atoms with Gasteiger partial charge in [-0.1, -0.05) is 11.8 Å². The minimum Gasteiger partial charge on any atom is -0.494 e. The smallest absolute Gasteiger partial charge is 0.338 e. The second-order valence-corrected chi connectivity index (χ2v) is 13.5. The molecule has 13 nitrogen and oxygen atoms in total. The third-order valence-electron chi connectivity index (χ3n) is 7.34. The minimum atomic E-state index is -3.59. The maximum absolute atomic E-state index is 13.1. The first-order valence-electron chi connectivity index (χ1n) is 15.5. The normalized spacial score (nSPS) is 13.2. The van der Waals surface area contributed by atoms with Gasteiger partial charge < -0.3 is 20.1 Å². The number of hydrogen-bond donors (Lipinski definition) is 2. The van der Waals surface area contributed by atoms with Gasteiger partial charge in [0.15, 0.2) is 11.0 Å². The van der Waals surface area contributed by atoms with Crippen LogP contribution in [0.1, 0.15) is 53.2 Å². The van der Waals surface area contributed by atoms with E-state index in [1.165, 1.54) is 28.6 Å². The molecule has 0 atom stereocenters. The summed E-state index contributed by atoms with van der Waals surface area (Å²) in [5.41, 5.74) is 1.90. The lowest BCUT2D eigenvalue weighted by molar-refractivity contribution is -0.113. The average molecular weight is 693 g/mol. The first-order valence-corrected chi connectivity index (χ1v) is 17.9. The van der Waals surface area contributed by atoms with Crippen LogP contribution in [-0.4, -0.2) is 77.3 Å². The Labute approximate surface area is 283 Å². The Hall–Kier alpha value is -4.73. The molecule has 2 amide bonds. The number of benzene rings is 3. The van der Waals surface area contributed by atoms with Crippen LogP contribution in [0.3, 0.4) is 0 Å². The molecule has 0 unspecified atom stereocenters. The van der Waals surface area contributed by atoms with Crippen LogP contribution in [-0.2, 0) is 26.1 Å². The summed E-state index contributed by atoms with van der Waals surface area (Å²) in [5, 5.41) is 14.7. The number of nitrogens with zero attached hydrogens (tertiary/aromatic N) is 4. The van der Waals surface area contributed by atoms with Crippen LogP contribution < -0.4 is 15.4 Å². The fraction of sp³-hybridized carbons (Fsp3) is 0.303. The number of ether oxygens (including phenoxy) is 2. The van der Waals surface area contributed by atoms with E-state index in [9.17, 15) is 22.8 Å². The first kappa shape index (κ1) is 34.6. The number of amides is 2. The van der Waals surface area contributed by atoms with E-state index in [2.05, 4.69) is 20.8 Å². The van der Waals surface area contributed by atoms with Crippen molar-refractivity contribution in [3.05, 3.63) is 89.7 Å². The number of sulfonamides is 1. The van der Waals surface area contributed by atoms with Crippen molar-refractivity contribution >= 4 is 45.3 Å². The monoisotopic (exact) mass is 692 g/mol. The number of esters is 1. The Bertz CT molecular complexity index is 1840. The van der Waals surface area contributed by atoms with Gasteiger partial charge in [-0.3, -0.25) is 14.2 Å². The van der Waals surface area contributed by atoms with Crippen molar-refractivity contribution in [1.82, 2.24) is 24.4 Å². The van der Waals surface area contributed by atoms with Crippen molar-refractivity contribution in [3.8, 4) is 11.4 Å². The lowest BCUT2D eigenvalue weighted by Gasteiger charge is -2.15. The highest BCUT2D eigenvalue weighted by Gasteiger charge is 2.27. The van der Waals surface area contributed by atoms with Crippen molar-refractivity contribution in [3.63, 3.8) is 0 Å². The number of anilines is 1. The van der Waals surface area contributed by atoms with Gasteiger partial charge in [0.1, 0.15) is 5.75 Å². The zero-order chi connectivity index (χ0) is 34.1. The van der Waals surface area contributed by atoms with Crippen molar-refractivity contribution in [2.75, 3.05) is 37.4 Å². The van der Waals surface area contributed by atoms with E-state index in [0.717, 1.165) is 24.6 Å². The highest BCUT2D eigenvalue weighted by molar-refractivity contribution is 7.99. The summed E-state index contributed by atoms with van der Waals surface area (Å²) in [5.74, 6) is -0.0413. The average Bonchev–Trinajstić information content (AvgIpc) is 3.79. The number of carbonyl (C=O) groups excluding carboxylic acids is 3. The summed E-state index contributed by atoms with van der Waals surface area (Å²) in [7, 11) is -3.59. The van der Waals surface area contributed by atoms with Crippen LogP contribution >= 0.6 is 11.8 Å². The van der Waals surface area contributed by atoms with Gasteiger partial charge in [0.2, 0.25) is 15.9 Å². The fourth-order valence-corrected chi connectivity index (χ4v) is 7.26. The van der Waals surface area contributed by atoms with Crippen molar-refractivity contribution in [2.45, 2.75) is 43.3 Å². The molecular formula is C33H36N6O7S2. The molecule has 4 aromatic rings. The summed E-state index contributed by atoms with van der Waals surface area (Å²) >= 11 is 1.16. The van der Waals surface area contributed by atoms with E-state index in [4.69, 9.17) is 9.47 Å². The van der Waals surface area contributed by atoms with E-state index in [1.807, 2.05) is 19.1 Å². The lowest BCUT2D eigenvalue weighted by atomic mass is 10.2. The van der Waals surface area contributed by atoms with Gasteiger partial charge in [-0.25, -0.2) is 13.2 Å². The number of rotatable bonds is 14. The lowest BCUT2D eigenvalue weighted by Crippen LogP contribution is -2.28. The molecule has 2 heterocycles. The third-order valence-corrected chi connectivity index (χ3v) is 10.2. The SMILES string of the molecule is CCOC(=O)c1ccc(NC(=O)CSc2nnc(CNC(=O)c3ccc(S(=O)(=O)N4CCCC4)cc3)n2-c2ccc(OCC)cc2)cc1. The summed E-state index contributed by atoms with van der Waals surface area (Å²) in [4.78, 5) is 37.9. The maximum Gasteiger partial charge on any atom is 0.338 e. The molecule has 5 rings (SSSR count). The van der Waals surface area contributed by atoms with E-state index < -0.39 is 21.9 Å². The minimum absolute atomic E-state index is 0.00639. The standard InChI is InChI=1S/C33H36N6O7S2/c1-3-45-27-15-13-26(14-16-27)39-29(21-34-31(41)23-9-17-28(18-10-23)48(43,44)38-19-5-6-20-38)36-37-33(39)47-22-30(40)35-25-11-7-24(8-12-25)32(42)46-4-2/h7-18H,3-6,19-22H2,1-2H3,(H,34,41)(H,35,40). The number of nitrogens with one attached hydrogen (secondary N) is 2. The molecule has 1 aromatic heterocycles. The molecule has 252 valence electrons. The Balaban J connectivity index is 1.27. The Kier molecular flexibility index (Phi) is 11.5. The van der Waals surface area contributed by atoms with Gasteiger partial charge in [-0.2, -0.15) is 4.31 Å². The fourth-order valence-electron chi connectivity index (χ4n) is 4.97. The molecule has 15 heteroatoms. The Morgan fingerprint density at radius 1 is 0.854 bits per heavy atom. The van der Waals surface area contributed by atoms with Gasteiger partial charge in [0.25, 0.3) is 5.91 Å². The van der Waals surface area contributed by atoms with Gasteiger partial charge in [0.05, 0.1) is 36.0 Å². The van der Waals surface area contributed by atoms with Gasteiger partial charge in [-0.15, -0.1) is 10.2 Å². The largest absolute Gasteiger partial charge is 0.494 e. The van der Waals surface area contributed by atoms with Crippen molar-refractivity contribution in [2.24, 2.45) is 0 Å². The first-order chi connectivity index (χ1) is 23.2.